The lowest BCUT2D eigenvalue weighted by Gasteiger charge is -1.90. The van der Waals surface area contributed by atoms with E-state index in [2.05, 4.69) is 12.2 Å². The fraction of sp³-hybridized carbons (Fsp3) is 0.500. The topological polar surface area (TPSA) is 46.2 Å². The van der Waals surface area contributed by atoms with E-state index in [1.807, 2.05) is 6.08 Å². The van der Waals surface area contributed by atoms with Gasteiger partial charge in [-0.05, 0) is 18.2 Å². The van der Waals surface area contributed by atoms with Crippen molar-refractivity contribution in [3.8, 4) is 0 Å². The van der Waals surface area contributed by atoms with Crippen LogP contribution < -0.4 is 5.32 Å². The van der Waals surface area contributed by atoms with Crippen LogP contribution in [0, 0.1) is 0 Å². The Kier molecular flexibility index (Phi) is 3.34. The lowest BCUT2D eigenvalue weighted by Crippen LogP contribution is -2.17. The molecule has 0 spiro atoms. The summed E-state index contributed by atoms with van der Waals surface area (Å²) < 4.78 is 0. The highest BCUT2D eigenvalue weighted by atomic mass is 32.2. The molecule has 1 aliphatic heterocycles. The molecule has 0 aromatic rings. The van der Waals surface area contributed by atoms with Crippen LogP contribution in [-0.4, -0.2) is 11.1 Å². The van der Waals surface area contributed by atoms with Gasteiger partial charge in [-0.1, -0.05) is 25.8 Å². The molecule has 1 saturated heterocycles. The van der Waals surface area contributed by atoms with Crippen LogP contribution in [0.25, 0.3) is 0 Å². The first-order valence-corrected chi connectivity index (χ1v) is 4.79. The molecule has 0 aliphatic carbocycles. The molecule has 1 fully saturated rings. The zero-order valence-electron chi connectivity index (χ0n) is 6.92. The number of allylic oxidation sites excluding steroid dienone is 1. The van der Waals surface area contributed by atoms with Crippen LogP contribution >= 0.6 is 11.8 Å². The van der Waals surface area contributed by atoms with Crippen molar-refractivity contribution in [2.24, 2.45) is 0 Å². The normalized spacial score (nSPS) is 20.2. The summed E-state index contributed by atoms with van der Waals surface area (Å²) >= 11 is 0.986. The molecule has 4 heteroatoms. The Labute approximate surface area is 75.6 Å². The molecular weight excluding hydrogens is 174 g/mol. The predicted octanol–water partition coefficient (Wildman–Crippen LogP) is 2.04. The standard InChI is InChI=1S/C8H11NO2S/c1-2-3-4-5-6-7(10)9-8(11)12-6/h5H,2-4H2,1H3,(H,9,10,11)/b6-5-. The first kappa shape index (κ1) is 9.32. The van der Waals surface area contributed by atoms with E-state index in [0.717, 1.165) is 31.0 Å². The van der Waals surface area contributed by atoms with Crippen molar-refractivity contribution in [1.82, 2.24) is 5.32 Å². The average molecular weight is 185 g/mol. The van der Waals surface area contributed by atoms with Gasteiger partial charge in [-0.25, -0.2) is 0 Å². The number of nitrogens with one attached hydrogen (secondary N) is 1. The monoisotopic (exact) mass is 185 g/mol. The summed E-state index contributed by atoms with van der Waals surface area (Å²) in [5.74, 6) is -0.249. The predicted molar refractivity (Wildman–Crippen MR) is 48.7 cm³/mol. The van der Waals surface area contributed by atoms with E-state index in [0.29, 0.717) is 4.91 Å². The second-order valence-corrected chi connectivity index (χ2v) is 3.57. The van der Waals surface area contributed by atoms with Gasteiger partial charge in [0.25, 0.3) is 11.1 Å². The maximum absolute atomic E-state index is 11.0. The summed E-state index contributed by atoms with van der Waals surface area (Å²) in [4.78, 5) is 22.2. The highest BCUT2D eigenvalue weighted by Gasteiger charge is 2.24. The Bertz CT molecular complexity index is 235. The van der Waals surface area contributed by atoms with Gasteiger partial charge in [0.05, 0.1) is 4.91 Å². The van der Waals surface area contributed by atoms with E-state index in [4.69, 9.17) is 0 Å². The molecular formula is C8H11NO2S. The van der Waals surface area contributed by atoms with Gasteiger partial charge in [0.2, 0.25) is 0 Å². The number of carbonyl (C=O) groups is 2. The van der Waals surface area contributed by atoms with Gasteiger partial charge < -0.3 is 0 Å². The maximum atomic E-state index is 11.0. The van der Waals surface area contributed by atoms with Crippen molar-refractivity contribution >= 4 is 22.9 Å². The van der Waals surface area contributed by atoms with Gasteiger partial charge in [-0.2, -0.15) is 0 Å². The second kappa shape index (κ2) is 4.30. The summed E-state index contributed by atoms with van der Waals surface area (Å²) in [5.41, 5.74) is 0. The fourth-order valence-corrected chi connectivity index (χ4v) is 1.59. The van der Waals surface area contributed by atoms with Gasteiger partial charge in [0.15, 0.2) is 0 Å². The lowest BCUT2D eigenvalue weighted by molar-refractivity contribution is -0.115. The third-order valence-electron chi connectivity index (χ3n) is 1.53. The van der Waals surface area contributed by atoms with Gasteiger partial charge in [-0.3, -0.25) is 14.9 Å². The molecule has 0 bridgehead atoms. The van der Waals surface area contributed by atoms with Crippen molar-refractivity contribution in [3.05, 3.63) is 11.0 Å². The number of amides is 2. The van der Waals surface area contributed by atoms with Crippen molar-refractivity contribution in [2.75, 3.05) is 0 Å². The largest absolute Gasteiger partial charge is 0.290 e. The third-order valence-corrected chi connectivity index (χ3v) is 2.39. The average Bonchev–Trinajstić information content (AvgIpc) is 2.31. The van der Waals surface area contributed by atoms with Crippen LogP contribution in [0.3, 0.4) is 0 Å². The number of hydrogen-bond acceptors (Lipinski definition) is 3. The Morgan fingerprint density at radius 1 is 1.50 bits per heavy atom. The van der Waals surface area contributed by atoms with Crippen molar-refractivity contribution < 1.29 is 9.59 Å². The van der Waals surface area contributed by atoms with E-state index in [9.17, 15) is 9.59 Å². The molecule has 0 aromatic heterocycles. The zero-order valence-corrected chi connectivity index (χ0v) is 7.74. The summed E-state index contributed by atoms with van der Waals surface area (Å²) in [6.07, 6.45) is 4.86. The molecule has 2 amide bonds. The Morgan fingerprint density at radius 3 is 2.75 bits per heavy atom. The molecule has 12 heavy (non-hydrogen) atoms. The molecule has 1 aliphatic rings. The van der Waals surface area contributed by atoms with E-state index < -0.39 is 0 Å². The SMILES string of the molecule is CCCC/C=C1\SC(=O)NC1=O. The van der Waals surface area contributed by atoms with Crippen LogP contribution in [0.15, 0.2) is 11.0 Å². The molecule has 1 N–H and O–H groups in total. The Morgan fingerprint density at radius 2 is 2.25 bits per heavy atom. The van der Waals surface area contributed by atoms with Crippen LogP contribution in [0.5, 0.6) is 0 Å². The molecule has 0 radical (unpaired) electrons. The summed E-state index contributed by atoms with van der Waals surface area (Å²) in [7, 11) is 0. The lowest BCUT2D eigenvalue weighted by atomic mass is 10.2. The molecule has 0 atom stereocenters. The number of thioether (sulfide) groups is 1. The van der Waals surface area contributed by atoms with E-state index in [1.54, 1.807) is 0 Å². The van der Waals surface area contributed by atoms with E-state index >= 15 is 0 Å². The molecule has 3 nitrogen and oxygen atoms in total. The van der Waals surface area contributed by atoms with Crippen LogP contribution in [0.1, 0.15) is 26.2 Å². The second-order valence-electron chi connectivity index (χ2n) is 2.55. The number of carbonyl (C=O) groups excluding carboxylic acids is 2. The van der Waals surface area contributed by atoms with Gasteiger partial charge in [0, 0.05) is 0 Å². The zero-order chi connectivity index (χ0) is 8.97. The van der Waals surface area contributed by atoms with Gasteiger partial charge in [0.1, 0.15) is 0 Å². The fourth-order valence-electron chi connectivity index (χ4n) is 0.898. The Balaban J connectivity index is 2.46. The van der Waals surface area contributed by atoms with Crippen LogP contribution in [0.4, 0.5) is 4.79 Å². The molecule has 0 aromatic carbocycles. The maximum Gasteiger partial charge on any atom is 0.290 e. The van der Waals surface area contributed by atoms with Crippen molar-refractivity contribution in [3.63, 3.8) is 0 Å². The summed E-state index contributed by atoms with van der Waals surface area (Å²) in [6, 6.07) is 0. The first-order valence-electron chi connectivity index (χ1n) is 3.97. The quantitative estimate of drug-likeness (QED) is 0.540. The van der Waals surface area contributed by atoms with Gasteiger partial charge in [-0.15, -0.1) is 0 Å². The van der Waals surface area contributed by atoms with Crippen molar-refractivity contribution in [2.45, 2.75) is 26.2 Å². The number of imide groups is 1. The smallest absolute Gasteiger partial charge is 0.282 e. The van der Waals surface area contributed by atoms with Gasteiger partial charge >= 0.3 is 0 Å². The molecule has 1 rings (SSSR count). The minimum absolute atomic E-state index is 0.249. The molecule has 1 heterocycles. The minimum atomic E-state index is -0.261. The van der Waals surface area contributed by atoms with Crippen LogP contribution in [0.2, 0.25) is 0 Å². The molecule has 66 valence electrons. The third kappa shape index (κ3) is 2.37. The van der Waals surface area contributed by atoms with E-state index in [1.165, 1.54) is 0 Å². The number of rotatable bonds is 3. The summed E-state index contributed by atoms with van der Waals surface area (Å²) in [5, 5.41) is 1.95. The number of hydrogen-bond donors (Lipinski definition) is 1. The molecule has 0 saturated carbocycles. The highest BCUT2D eigenvalue weighted by Crippen LogP contribution is 2.23. The molecule has 0 unspecified atom stereocenters. The van der Waals surface area contributed by atoms with E-state index in [-0.39, 0.29) is 11.1 Å². The number of unbranched alkanes of at least 4 members (excludes halogenated alkanes) is 2. The summed E-state index contributed by atoms with van der Waals surface area (Å²) in [6.45, 7) is 2.09. The Hall–Kier alpha value is -0.770. The highest BCUT2D eigenvalue weighted by molar-refractivity contribution is 8.18. The van der Waals surface area contributed by atoms with Crippen molar-refractivity contribution in [1.29, 1.82) is 0 Å². The minimum Gasteiger partial charge on any atom is -0.282 e. The van der Waals surface area contributed by atoms with Crippen LogP contribution in [-0.2, 0) is 4.79 Å². The first-order chi connectivity index (χ1) is 5.74.